The van der Waals surface area contributed by atoms with Gasteiger partial charge in [0.15, 0.2) is 6.61 Å². The molecule has 0 aliphatic carbocycles. The molecule has 10 heteroatoms. The van der Waals surface area contributed by atoms with Gasteiger partial charge in [0.1, 0.15) is 12.2 Å². The lowest BCUT2D eigenvalue weighted by molar-refractivity contribution is -0.384. The third-order valence-corrected chi connectivity index (χ3v) is 4.35. The number of hydrogen-bond donors (Lipinski definition) is 1. The first kappa shape index (κ1) is 21.1. The lowest BCUT2D eigenvalue weighted by atomic mass is 10.1. The maximum Gasteiger partial charge on any atom is 0.338 e. The van der Waals surface area contributed by atoms with Crippen LogP contribution in [0.25, 0.3) is 0 Å². The highest BCUT2D eigenvalue weighted by Gasteiger charge is 2.23. The molecule has 0 saturated carbocycles. The van der Waals surface area contributed by atoms with Crippen LogP contribution in [0.2, 0.25) is 0 Å². The largest absolute Gasteiger partial charge is 0.468 e. The number of methoxy groups -OCH3 is 1. The van der Waals surface area contributed by atoms with Crippen molar-refractivity contribution >= 4 is 29.2 Å². The minimum Gasteiger partial charge on any atom is -0.468 e. The van der Waals surface area contributed by atoms with E-state index in [1.165, 1.54) is 19.2 Å². The maximum atomic E-state index is 12.1. The predicted molar refractivity (Wildman–Crippen MR) is 99.1 cm³/mol. The number of nitrogens with zero attached hydrogens (tertiary/aromatic N) is 2. The number of nitro benzene ring substituents is 1. The molecule has 10 nitrogen and oxygen atoms in total. The lowest BCUT2D eigenvalue weighted by Gasteiger charge is -2.22. The van der Waals surface area contributed by atoms with Crippen LogP contribution in [0.15, 0.2) is 18.2 Å². The van der Waals surface area contributed by atoms with Crippen LogP contribution in [0, 0.1) is 10.1 Å². The Morgan fingerprint density at radius 2 is 1.86 bits per heavy atom. The number of carbonyl (C=O) groups is 3. The molecule has 0 bridgehead atoms. The van der Waals surface area contributed by atoms with E-state index in [1.807, 2.05) is 4.90 Å². The Morgan fingerprint density at radius 3 is 2.46 bits per heavy atom. The number of amides is 1. The first-order valence-electron chi connectivity index (χ1n) is 8.96. The fourth-order valence-corrected chi connectivity index (χ4v) is 2.88. The SMILES string of the molecule is COC(=O)CNC(=O)COC(=O)c1ccc(N2CCCCCC2)c([N+](=O)[O-])c1. The van der Waals surface area contributed by atoms with Crippen LogP contribution >= 0.6 is 0 Å². The number of ether oxygens (including phenoxy) is 2. The molecule has 1 aliphatic heterocycles. The summed E-state index contributed by atoms with van der Waals surface area (Å²) in [4.78, 5) is 47.6. The smallest absolute Gasteiger partial charge is 0.338 e. The van der Waals surface area contributed by atoms with E-state index in [4.69, 9.17) is 4.74 Å². The zero-order valence-electron chi connectivity index (χ0n) is 15.6. The molecule has 0 radical (unpaired) electrons. The average molecular weight is 393 g/mol. The van der Waals surface area contributed by atoms with Crippen LogP contribution in [-0.2, 0) is 19.1 Å². The summed E-state index contributed by atoms with van der Waals surface area (Å²) in [5, 5.41) is 13.7. The van der Waals surface area contributed by atoms with Crippen LogP contribution in [0.4, 0.5) is 11.4 Å². The van der Waals surface area contributed by atoms with E-state index < -0.39 is 29.4 Å². The van der Waals surface area contributed by atoms with Crippen molar-refractivity contribution in [2.24, 2.45) is 0 Å². The Balaban J connectivity index is 2.03. The molecule has 1 aliphatic rings. The fraction of sp³-hybridized carbons (Fsp3) is 0.500. The Kier molecular flexibility index (Phi) is 7.73. The van der Waals surface area contributed by atoms with Gasteiger partial charge in [-0.25, -0.2) is 4.79 Å². The zero-order chi connectivity index (χ0) is 20.5. The number of benzene rings is 1. The number of carbonyl (C=O) groups excluding carboxylic acids is 3. The molecule has 152 valence electrons. The van der Waals surface area contributed by atoms with Gasteiger partial charge in [0.25, 0.3) is 11.6 Å². The highest BCUT2D eigenvalue weighted by molar-refractivity contribution is 5.93. The summed E-state index contributed by atoms with van der Waals surface area (Å²) >= 11 is 0. The molecule has 1 N–H and O–H groups in total. The van der Waals surface area contributed by atoms with Gasteiger partial charge < -0.3 is 19.7 Å². The normalized spacial score (nSPS) is 14.0. The molecule has 1 saturated heterocycles. The minimum absolute atomic E-state index is 0.0222. The first-order valence-corrected chi connectivity index (χ1v) is 8.96. The monoisotopic (exact) mass is 393 g/mol. The van der Waals surface area contributed by atoms with Crippen LogP contribution in [-0.4, -0.2) is 56.1 Å². The number of nitro groups is 1. The van der Waals surface area contributed by atoms with Crippen molar-refractivity contribution in [2.75, 3.05) is 38.3 Å². The minimum atomic E-state index is -0.862. The third-order valence-electron chi connectivity index (χ3n) is 4.35. The second-order valence-electron chi connectivity index (χ2n) is 6.29. The van der Waals surface area contributed by atoms with Crippen molar-refractivity contribution in [3.63, 3.8) is 0 Å². The van der Waals surface area contributed by atoms with Gasteiger partial charge in [-0.2, -0.15) is 0 Å². The molecule has 28 heavy (non-hydrogen) atoms. The molecule has 1 amide bonds. The number of rotatable bonds is 7. The standard InChI is InChI=1S/C18H23N3O7/c1-27-17(23)11-19-16(22)12-28-18(24)13-6-7-14(15(10-13)21(25)26)20-8-4-2-3-5-9-20/h6-7,10H,2-5,8-9,11-12H2,1H3,(H,19,22). The molecule has 1 fully saturated rings. The second kappa shape index (κ2) is 10.2. The number of anilines is 1. The highest BCUT2D eigenvalue weighted by atomic mass is 16.6. The number of nitrogens with one attached hydrogen (secondary N) is 1. The van der Waals surface area contributed by atoms with Gasteiger partial charge in [0, 0.05) is 19.2 Å². The van der Waals surface area contributed by atoms with Crippen LogP contribution in [0.1, 0.15) is 36.0 Å². The second-order valence-corrected chi connectivity index (χ2v) is 6.29. The van der Waals surface area contributed by atoms with Gasteiger partial charge >= 0.3 is 11.9 Å². The van der Waals surface area contributed by atoms with Gasteiger partial charge in [-0.3, -0.25) is 19.7 Å². The summed E-state index contributed by atoms with van der Waals surface area (Å²) in [7, 11) is 1.18. The summed E-state index contributed by atoms with van der Waals surface area (Å²) in [5.41, 5.74) is 0.275. The van der Waals surface area contributed by atoms with Gasteiger partial charge in [-0.05, 0) is 25.0 Å². The van der Waals surface area contributed by atoms with E-state index in [2.05, 4.69) is 10.1 Å². The van der Waals surface area contributed by atoms with Crippen molar-refractivity contribution in [2.45, 2.75) is 25.7 Å². The number of hydrogen-bond acceptors (Lipinski definition) is 8. The molecule has 1 aromatic rings. The van der Waals surface area contributed by atoms with Crippen LogP contribution in [0.3, 0.4) is 0 Å². The summed E-state index contributed by atoms with van der Waals surface area (Å²) in [5.74, 6) is -2.19. The molecule has 1 aromatic carbocycles. The van der Waals surface area contributed by atoms with E-state index in [-0.39, 0.29) is 17.8 Å². The van der Waals surface area contributed by atoms with Crippen molar-refractivity contribution in [1.29, 1.82) is 0 Å². The molecular formula is C18H23N3O7. The van der Waals surface area contributed by atoms with E-state index >= 15 is 0 Å². The Bertz CT molecular complexity index is 743. The van der Waals surface area contributed by atoms with Gasteiger partial charge in [0.2, 0.25) is 0 Å². The van der Waals surface area contributed by atoms with E-state index in [9.17, 15) is 24.5 Å². The van der Waals surface area contributed by atoms with Crippen molar-refractivity contribution < 1.29 is 28.8 Å². The fourth-order valence-electron chi connectivity index (χ4n) is 2.88. The maximum absolute atomic E-state index is 12.1. The summed E-state index contributed by atoms with van der Waals surface area (Å²) in [6.45, 7) is 0.496. The summed E-state index contributed by atoms with van der Waals surface area (Å²) in [6.07, 6.45) is 4.10. The Labute approximate surface area is 161 Å². The molecule has 0 unspecified atom stereocenters. The number of esters is 2. The summed E-state index contributed by atoms with van der Waals surface area (Å²) in [6, 6.07) is 4.15. The molecule has 0 atom stereocenters. The van der Waals surface area contributed by atoms with E-state index in [1.54, 1.807) is 0 Å². The molecule has 0 aromatic heterocycles. The van der Waals surface area contributed by atoms with Crippen LogP contribution < -0.4 is 10.2 Å². The predicted octanol–water partition coefficient (Wildman–Crippen LogP) is 1.42. The average Bonchev–Trinajstić information content (AvgIpc) is 2.99. The molecule has 0 spiro atoms. The zero-order valence-corrected chi connectivity index (χ0v) is 15.6. The molecular weight excluding hydrogens is 370 g/mol. The van der Waals surface area contributed by atoms with Gasteiger partial charge in [0.05, 0.1) is 17.6 Å². The Morgan fingerprint density at radius 1 is 1.18 bits per heavy atom. The van der Waals surface area contributed by atoms with Crippen LogP contribution in [0.5, 0.6) is 0 Å². The summed E-state index contributed by atoms with van der Waals surface area (Å²) < 4.78 is 9.23. The third kappa shape index (κ3) is 5.93. The molecule has 2 rings (SSSR count). The van der Waals surface area contributed by atoms with Crippen molar-refractivity contribution in [3.8, 4) is 0 Å². The highest BCUT2D eigenvalue weighted by Crippen LogP contribution is 2.31. The van der Waals surface area contributed by atoms with Gasteiger partial charge in [-0.15, -0.1) is 0 Å². The topological polar surface area (TPSA) is 128 Å². The van der Waals surface area contributed by atoms with Crippen molar-refractivity contribution in [1.82, 2.24) is 5.32 Å². The van der Waals surface area contributed by atoms with Gasteiger partial charge in [-0.1, -0.05) is 12.8 Å². The van der Waals surface area contributed by atoms with E-state index in [0.717, 1.165) is 44.8 Å². The lowest BCUT2D eigenvalue weighted by Crippen LogP contribution is -2.33. The quantitative estimate of drug-likeness (QED) is 0.418. The molecule has 1 heterocycles. The first-order chi connectivity index (χ1) is 13.4. The Hall–Kier alpha value is -3.17. The van der Waals surface area contributed by atoms with Crippen molar-refractivity contribution in [3.05, 3.63) is 33.9 Å². The van der Waals surface area contributed by atoms with E-state index in [0.29, 0.717) is 5.69 Å².